The topological polar surface area (TPSA) is 113 Å². The number of hydrogen-bond acceptors (Lipinski definition) is 4. The molecule has 0 rings (SSSR count). The average molecular weight is 288 g/mol. The van der Waals surface area contributed by atoms with Crippen molar-refractivity contribution in [3.05, 3.63) is 0 Å². The van der Waals surface area contributed by atoms with Gasteiger partial charge in [-0.3, -0.25) is 9.59 Å². The van der Waals surface area contributed by atoms with E-state index in [2.05, 4.69) is 19.2 Å². The molecule has 0 aromatic carbocycles. The largest absolute Gasteiger partial charge is 0.481 e. The Morgan fingerprint density at radius 3 is 2.35 bits per heavy atom. The van der Waals surface area contributed by atoms with Gasteiger partial charge in [0.1, 0.15) is 0 Å². The lowest BCUT2D eigenvalue weighted by Crippen LogP contribution is -2.42. The molecule has 0 aromatic rings. The highest BCUT2D eigenvalue weighted by Gasteiger charge is 2.25. The van der Waals surface area contributed by atoms with Crippen LogP contribution < -0.4 is 11.1 Å². The highest BCUT2D eigenvalue weighted by molar-refractivity contribution is 5.76. The van der Waals surface area contributed by atoms with Crippen LogP contribution in [0.3, 0.4) is 0 Å². The van der Waals surface area contributed by atoms with Gasteiger partial charge in [0.2, 0.25) is 5.91 Å². The maximum Gasteiger partial charge on any atom is 0.306 e. The van der Waals surface area contributed by atoms with Gasteiger partial charge in [-0.15, -0.1) is 0 Å². The van der Waals surface area contributed by atoms with E-state index < -0.39 is 18.0 Å². The molecule has 0 spiro atoms. The zero-order valence-electron chi connectivity index (χ0n) is 12.7. The third kappa shape index (κ3) is 8.87. The molecule has 0 aliphatic heterocycles. The Balaban J connectivity index is 4.07. The summed E-state index contributed by atoms with van der Waals surface area (Å²) in [7, 11) is 0. The molecule has 0 saturated carbocycles. The zero-order valence-corrected chi connectivity index (χ0v) is 12.7. The lowest BCUT2D eigenvalue weighted by Gasteiger charge is -2.22. The van der Waals surface area contributed by atoms with Gasteiger partial charge in [0.05, 0.1) is 12.0 Å². The number of carboxylic acid groups (broad SMARTS) is 1. The number of aliphatic hydroxyl groups is 1. The molecule has 0 heterocycles. The minimum absolute atomic E-state index is 0.0542. The molecule has 0 fully saturated rings. The first-order valence-corrected chi connectivity index (χ1v) is 7.09. The van der Waals surface area contributed by atoms with Gasteiger partial charge in [-0.1, -0.05) is 13.8 Å². The van der Waals surface area contributed by atoms with E-state index in [0.29, 0.717) is 24.8 Å². The first kappa shape index (κ1) is 18.9. The van der Waals surface area contributed by atoms with E-state index in [4.69, 9.17) is 10.8 Å². The van der Waals surface area contributed by atoms with Crippen molar-refractivity contribution in [2.45, 2.75) is 52.1 Å². The number of hydrogen-bond donors (Lipinski definition) is 4. The molecule has 1 amide bonds. The Hall–Kier alpha value is -1.14. The second-order valence-corrected chi connectivity index (χ2v) is 5.96. The zero-order chi connectivity index (χ0) is 15.8. The molecule has 20 heavy (non-hydrogen) atoms. The third-order valence-electron chi connectivity index (χ3n) is 3.42. The van der Waals surface area contributed by atoms with Gasteiger partial charge in [-0.05, 0) is 38.1 Å². The second kappa shape index (κ2) is 8.92. The van der Waals surface area contributed by atoms with Gasteiger partial charge < -0.3 is 21.3 Å². The number of nitrogens with two attached hydrogens (primary N) is 1. The van der Waals surface area contributed by atoms with Crippen LogP contribution in [0.15, 0.2) is 0 Å². The van der Waals surface area contributed by atoms with E-state index >= 15 is 0 Å². The van der Waals surface area contributed by atoms with Crippen LogP contribution in [0.5, 0.6) is 0 Å². The van der Waals surface area contributed by atoms with Crippen LogP contribution in [0.1, 0.15) is 46.5 Å². The predicted molar refractivity (Wildman–Crippen MR) is 77.1 cm³/mol. The highest BCUT2D eigenvalue weighted by atomic mass is 16.4. The normalized spacial score (nSPS) is 15.7. The van der Waals surface area contributed by atoms with Crippen LogP contribution in [-0.4, -0.2) is 40.8 Å². The summed E-state index contributed by atoms with van der Waals surface area (Å²) in [5.74, 6) is -0.378. The van der Waals surface area contributed by atoms with Crippen molar-refractivity contribution in [3.8, 4) is 0 Å². The summed E-state index contributed by atoms with van der Waals surface area (Å²) in [6.07, 6.45) is 1.62. The van der Waals surface area contributed by atoms with E-state index in [-0.39, 0.29) is 12.5 Å². The predicted octanol–water partition coefficient (Wildman–Crippen LogP) is 0.730. The molecule has 6 nitrogen and oxygen atoms in total. The Bertz CT molecular complexity index is 316. The summed E-state index contributed by atoms with van der Waals surface area (Å²) in [5, 5.41) is 21.0. The number of nitrogens with one attached hydrogen (secondary N) is 1. The first-order valence-electron chi connectivity index (χ1n) is 7.09. The van der Waals surface area contributed by atoms with Crippen molar-refractivity contribution in [2.75, 3.05) is 13.1 Å². The van der Waals surface area contributed by atoms with Crippen LogP contribution in [0.4, 0.5) is 0 Å². The van der Waals surface area contributed by atoms with E-state index in [1.54, 1.807) is 0 Å². The van der Waals surface area contributed by atoms with E-state index in [1.807, 2.05) is 0 Å². The van der Waals surface area contributed by atoms with Crippen LogP contribution in [0, 0.1) is 11.8 Å². The van der Waals surface area contributed by atoms with Crippen molar-refractivity contribution in [1.82, 2.24) is 5.32 Å². The highest BCUT2D eigenvalue weighted by Crippen LogP contribution is 2.20. The summed E-state index contributed by atoms with van der Waals surface area (Å²) >= 11 is 0. The van der Waals surface area contributed by atoms with Gasteiger partial charge >= 0.3 is 5.97 Å². The molecule has 0 aromatic heterocycles. The molecule has 5 N–H and O–H groups in total. The van der Waals surface area contributed by atoms with Crippen molar-refractivity contribution >= 4 is 11.9 Å². The Morgan fingerprint density at radius 2 is 1.90 bits per heavy atom. The molecule has 2 atom stereocenters. The summed E-state index contributed by atoms with van der Waals surface area (Å²) < 4.78 is 0. The Kier molecular flexibility index (Phi) is 8.41. The molecule has 0 radical (unpaired) electrons. The Morgan fingerprint density at radius 1 is 1.30 bits per heavy atom. The van der Waals surface area contributed by atoms with Crippen molar-refractivity contribution in [1.29, 1.82) is 0 Å². The van der Waals surface area contributed by atoms with Gasteiger partial charge in [-0.2, -0.15) is 0 Å². The smallest absolute Gasteiger partial charge is 0.306 e. The second-order valence-electron chi connectivity index (χ2n) is 5.96. The van der Waals surface area contributed by atoms with Crippen molar-refractivity contribution in [2.24, 2.45) is 17.6 Å². The van der Waals surface area contributed by atoms with Crippen molar-refractivity contribution < 1.29 is 19.8 Å². The van der Waals surface area contributed by atoms with Crippen LogP contribution in [0.25, 0.3) is 0 Å². The third-order valence-corrected chi connectivity index (χ3v) is 3.42. The van der Waals surface area contributed by atoms with E-state index in [0.717, 1.165) is 12.8 Å². The van der Waals surface area contributed by atoms with E-state index in [1.165, 1.54) is 6.92 Å². The Labute approximate surface area is 120 Å². The fraction of sp³-hybridized carbons (Fsp3) is 0.857. The van der Waals surface area contributed by atoms with Crippen LogP contribution in [0.2, 0.25) is 0 Å². The van der Waals surface area contributed by atoms with Gasteiger partial charge in [0.25, 0.3) is 0 Å². The molecular weight excluding hydrogens is 260 g/mol. The SMILES string of the molecule is CC(C)C(CCN)CCC(=O)NCC(C)(O)CC(=O)O. The number of carbonyl (C=O) groups is 2. The van der Waals surface area contributed by atoms with Gasteiger partial charge in [0, 0.05) is 13.0 Å². The van der Waals surface area contributed by atoms with E-state index in [9.17, 15) is 14.7 Å². The van der Waals surface area contributed by atoms with Gasteiger partial charge in [0.15, 0.2) is 0 Å². The standard InChI is InChI=1S/C14H28N2O4/c1-10(2)11(6-7-15)4-5-12(17)16-9-14(3,20)8-13(18)19/h10-11,20H,4-9,15H2,1-3H3,(H,16,17)(H,18,19). The summed E-state index contributed by atoms with van der Waals surface area (Å²) in [5.41, 5.74) is 4.13. The number of carboxylic acids is 1. The summed E-state index contributed by atoms with van der Waals surface area (Å²) in [6, 6.07) is 0. The molecule has 0 bridgehead atoms. The monoisotopic (exact) mass is 288 g/mol. The lowest BCUT2D eigenvalue weighted by atomic mass is 9.88. The number of carbonyl (C=O) groups excluding carboxylic acids is 1. The molecule has 6 heteroatoms. The van der Waals surface area contributed by atoms with Gasteiger partial charge in [-0.25, -0.2) is 0 Å². The number of aliphatic carboxylic acids is 1. The first-order chi connectivity index (χ1) is 9.18. The molecule has 2 unspecified atom stereocenters. The minimum Gasteiger partial charge on any atom is -0.481 e. The van der Waals surface area contributed by atoms with Crippen LogP contribution in [-0.2, 0) is 9.59 Å². The fourth-order valence-corrected chi connectivity index (χ4v) is 2.11. The maximum atomic E-state index is 11.7. The summed E-state index contributed by atoms with van der Waals surface area (Å²) in [4.78, 5) is 22.2. The lowest BCUT2D eigenvalue weighted by molar-refractivity contribution is -0.142. The molecule has 118 valence electrons. The number of amides is 1. The van der Waals surface area contributed by atoms with Crippen LogP contribution >= 0.6 is 0 Å². The maximum absolute atomic E-state index is 11.7. The molecular formula is C14H28N2O4. The molecule has 0 aliphatic carbocycles. The minimum atomic E-state index is -1.42. The fourth-order valence-electron chi connectivity index (χ4n) is 2.11. The summed E-state index contributed by atoms with van der Waals surface area (Å²) in [6.45, 7) is 6.16. The van der Waals surface area contributed by atoms with Crippen molar-refractivity contribution in [3.63, 3.8) is 0 Å². The number of rotatable bonds is 10. The molecule has 0 saturated heterocycles. The molecule has 0 aliphatic rings. The average Bonchev–Trinajstić information content (AvgIpc) is 2.30. The quantitative estimate of drug-likeness (QED) is 0.473.